The topological polar surface area (TPSA) is 111 Å². The fourth-order valence-electron chi connectivity index (χ4n) is 3.85. The molecule has 1 N–H and O–H groups in total. The largest absolute Gasteiger partial charge is 0.457 e. The summed E-state index contributed by atoms with van der Waals surface area (Å²) in [5.74, 6) is -0.0464. The average molecular weight is 572 g/mol. The number of para-hydroxylation sites is 2. The van der Waals surface area contributed by atoms with Crippen LogP contribution in [0.4, 0.5) is 11.4 Å². The monoisotopic (exact) mass is 571 g/mol. The van der Waals surface area contributed by atoms with Crippen LogP contribution < -0.4 is 19.7 Å². The van der Waals surface area contributed by atoms with Crippen LogP contribution in [0, 0.1) is 10.1 Å². The van der Waals surface area contributed by atoms with E-state index in [4.69, 9.17) is 33.3 Å². The molecule has 11 heteroatoms. The zero-order chi connectivity index (χ0) is 28.2. The number of nitro benzene ring substituents is 1. The number of halogens is 1. The maximum absolute atomic E-state index is 13.4. The molecule has 1 saturated heterocycles. The van der Waals surface area contributed by atoms with E-state index in [1.165, 1.54) is 24.3 Å². The molecule has 198 valence electrons. The molecule has 0 unspecified atom stereocenters. The van der Waals surface area contributed by atoms with E-state index >= 15 is 0 Å². The highest BCUT2D eigenvalue weighted by molar-refractivity contribution is 7.80. The molecular weight excluding hydrogens is 554 g/mol. The molecule has 0 aliphatic carbocycles. The van der Waals surface area contributed by atoms with Gasteiger partial charge in [-0.3, -0.25) is 29.9 Å². The molecule has 5 rings (SSSR count). The predicted octanol–water partition coefficient (Wildman–Crippen LogP) is 6.66. The molecule has 2 amide bonds. The van der Waals surface area contributed by atoms with E-state index < -0.39 is 16.7 Å². The Morgan fingerprint density at radius 2 is 1.52 bits per heavy atom. The van der Waals surface area contributed by atoms with Gasteiger partial charge in [0.15, 0.2) is 5.11 Å². The molecule has 0 spiro atoms. The number of thiocarbonyl (C=S) groups is 1. The fourth-order valence-corrected chi connectivity index (χ4v) is 4.30. The Balaban J connectivity index is 1.41. The molecular formula is C29H18ClN3O6S. The van der Waals surface area contributed by atoms with Crippen LogP contribution in [0.1, 0.15) is 5.56 Å². The summed E-state index contributed by atoms with van der Waals surface area (Å²) >= 11 is 11.4. The van der Waals surface area contributed by atoms with Gasteiger partial charge < -0.3 is 9.47 Å². The van der Waals surface area contributed by atoms with Crippen molar-refractivity contribution in [3.05, 3.63) is 123 Å². The van der Waals surface area contributed by atoms with E-state index in [0.717, 1.165) is 4.90 Å². The second-order valence-electron chi connectivity index (χ2n) is 8.38. The fraction of sp³-hybridized carbons (Fsp3) is 0. The highest BCUT2D eigenvalue weighted by atomic mass is 35.5. The van der Waals surface area contributed by atoms with Crippen molar-refractivity contribution in [1.82, 2.24) is 5.32 Å². The Hall–Kier alpha value is -5.06. The van der Waals surface area contributed by atoms with E-state index in [1.807, 2.05) is 30.3 Å². The smallest absolute Gasteiger partial charge is 0.312 e. The zero-order valence-corrected chi connectivity index (χ0v) is 22.0. The first-order valence-corrected chi connectivity index (χ1v) is 12.5. The van der Waals surface area contributed by atoms with Crippen LogP contribution in [0.15, 0.2) is 103 Å². The molecule has 0 bridgehead atoms. The van der Waals surface area contributed by atoms with Crippen LogP contribution in [0.5, 0.6) is 23.0 Å². The minimum Gasteiger partial charge on any atom is -0.457 e. The van der Waals surface area contributed by atoms with Crippen LogP contribution >= 0.6 is 23.8 Å². The summed E-state index contributed by atoms with van der Waals surface area (Å²) in [6.45, 7) is 0. The van der Waals surface area contributed by atoms with Crippen LogP contribution in [0.3, 0.4) is 0 Å². The van der Waals surface area contributed by atoms with Crippen molar-refractivity contribution in [2.24, 2.45) is 0 Å². The first-order valence-electron chi connectivity index (χ1n) is 11.8. The van der Waals surface area contributed by atoms with Crippen molar-refractivity contribution in [2.45, 2.75) is 0 Å². The van der Waals surface area contributed by atoms with E-state index in [2.05, 4.69) is 5.32 Å². The summed E-state index contributed by atoms with van der Waals surface area (Å²) in [5, 5.41) is 14.5. The van der Waals surface area contributed by atoms with Crippen LogP contribution in [-0.2, 0) is 9.59 Å². The Bertz CT molecular complexity index is 1680. The van der Waals surface area contributed by atoms with E-state index in [0.29, 0.717) is 17.2 Å². The molecule has 0 saturated carbocycles. The minimum atomic E-state index is -0.727. The van der Waals surface area contributed by atoms with Crippen LogP contribution in [-0.4, -0.2) is 21.9 Å². The number of ether oxygens (including phenoxy) is 2. The van der Waals surface area contributed by atoms with Crippen molar-refractivity contribution >= 4 is 58.2 Å². The van der Waals surface area contributed by atoms with Crippen molar-refractivity contribution in [3.8, 4) is 23.0 Å². The van der Waals surface area contributed by atoms with E-state index in [-0.39, 0.29) is 38.5 Å². The van der Waals surface area contributed by atoms with Gasteiger partial charge in [-0.1, -0.05) is 48.0 Å². The lowest BCUT2D eigenvalue weighted by molar-refractivity contribution is -0.385. The van der Waals surface area contributed by atoms with Crippen molar-refractivity contribution in [2.75, 3.05) is 4.90 Å². The van der Waals surface area contributed by atoms with Gasteiger partial charge in [-0.25, -0.2) is 0 Å². The molecule has 1 heterocycles. The maximum Gasteiger partial charge on any atom is 0.312 e. The molecule has 1 aliphatic heterocycles. The number of hydrogen-bond donors (Lipinski definition) is 1. The van der Waals surface area contributed by atoms with Crippen LogP contribution in [0.25, 0.3) is 6.08 Å². The normalized spacial score (nSPS) is 14.2. The van der Waals surface area contributed by atoms with E-state index in [1.54, 1.807) is 48.5 Å². The second-order valence-corrected chi connectivity index (χ2v) is 9.18. The Morgan fingerprint density at radius 3 is 2.23 bits per heavy atom. The molecule has 1 aliphatic rings. The number of benzene rings is 4. The first kappa shape index (κ1) is 26.5. The first-order chi connectivity index (χ1) is 19.3. The Kier molecular flexibility index (Phi) is 7.54. The SMILES string of the molecule is O=C1NC(=S)N(c2ccc(Oc3ccccc3)cc2)C(=O)/C1=C/c1ccc(Oc2ccccc2Cl)c([N+](=O)[O-])c1. The third-order valence-corrected chi connectivity index (χ3v) is 6.32. The van der Waals surface area contributed by atoms with Gasteiger partial charge in [0.05, 0.1) is 15.6 Å². The number of rotatable bonds is 7. The molecule has 0 atom stereocenters. The van der Waals surface area contributed by atoms with Gasteiger partial charge in [0, 0.05) is 6.07 Å². The number of amides is 2. The summed E-state index contributed by atoms with van der Waals surface area (Å²) in [6, 6.07) is 26.4. The predicted molar refractivity (Wildman–Crippen MR) is 154 cm³/mol. The second kappa shape index (κ2) is 11.4. The molecule has 0 radical (unpaired) electrons. The number of nitrogens with one attached hydrogen (secondary N) is 1. The van der Waals surface area contributed by atoms with Gasteiger partial charge in [-0.05, 0) is 78.5 Å². The number of carbonyl (C=O) groups excluding carboxylic acids is 2. The number of hydrogen-bond acceptors (Lipinski definition) is 7. The number of carbonyl (C=O) groups is 2. The average Bonchev–Trinajstić information content (AvgIpc) is 2.94. The third-order valence-electron chi connectivity index (χ3n) is 5.72. The lowest BCUT2D eigenvalue weighted by Crippen LogP contribution is -2.54. The molecule has 4 aromatic rings. The van der Waals surface area contributed by atoms with Gasteiger partial charge in [-0.2, -0.15) is 0 Å². The summed E-state index contributed by atoms with van der Waals surface area (Å²) < 4.78 is 11.4. The Morgan fingerprint density at radius 1 is 0.850 bits per heavy atom. The quantitative estimate of drug-likeness (QED) is 0.0867. The standard InChI is InChI=1S/C29H18ClN3O6S/c30-23-8-4-5-9-25(23)39-26-15-10-18(17-24(26)33(36)37)16-22-27(34)31-29(40)32(28(22)35)19-11-13-21(14-12-19)38-20-6-2-1-3-7-20/h1-17H,(H,31,34,40)/b22-16+. The van der Waals surface area contributed by atoms with Crippen molar-refractivity contribution in [1.29, 1.82) is 0 Å². The highest BCUT2D eigenvalue weighted by Gasteiger charge is 2.34. The van der Waals surface area contributed by atoms with Crippen molar-refractivity contribution in [3.63, 3.8) is 0 Å². The number of nitrogens with zero attached hydrogens (tertiary/aromatic N) is 2. The van der Waals surface area contributed by atoms with Gasteiger partial charge in [0.25, 0.3) is 11.8 Å². The molecule has 1 fully saturated rings. The van der Waals surface area contributed by atoms with Crippen LogP contribution in [0.2, 0.25) is 5.02 Å². The summed E-state index contributed by atoms with van der Waals surface area (Å²) in [6.07, 6.45) is 1.26. The maximum atomic E-state index is 13.4. The summed E-state index contributed by atoms with van der Waals surface area (Å²) in [4.78, 5) is 38.4. The molecule has 40 heavy (non-hydrogen) atoms. The van der Waals surface area contributed by atoms with Gasteiger partial charge in [0.2, 0.25) is 5.75 Å². The summed E-state index contributed by atoms with van der Waals surface area (Å²) in [5.41, 5.74) is -0.00142. The third kappa shape index (κ3) is 5.68. The van der Waals surface area contributed by atoms with Gasteiger partial charge in [-0.15, -0.1) is 0 Å². The Labute approximate surface area is 238 Å². The number of nitro groups is 1. The molecule has 0 aromatic heterocycles. The highest BCUT2D eigenvalue weighted by Crippen LogP contribution is 2.36. The summed E-state index contributed by atoms with van der Waals surface area (Å²) in [7, 11) is 0. The van der Waals surface area contributed by atoms with Gasteiger partial charge >= 0.3 is 5.69 Å². The van der Waals surface area contributed by atoms with E-state index in [9.17, 15) is 19.7 Å². The minimum absolute atomic E-state index is 0.0553. The van der Waals surface area contributed by atoms with Gasteiger partial charge in [0.1, 0.15) is 22.8 Å². The lowest BCUT2D eigenvalue weighted by atomic mass is 10.1. The van der Waals surface area contributed by atoms with Crippen molar-refractivity contribution < 1.29 is 24.0 Å². The molecule has 4 aromatic carbocycles. The number of anilines is 1. The lowest BCUT2D eigenvalue weighted by Gasteiger charge is -2.29. The zero-order valence-electron chi connectivity index (χ0n) is 20.4. The molecule has 9 nitrogen and oxygen atoms in total.